The van der Waals surface area contributed by atoms with Crippen LogP contribution in [0.3, 0.4) is 0 Å². The van der Waals surface area contributed by atoms with Gasteiger partial charge in [0.05, 0.1) is 6.42 Å². The lowest BCUT2D eigenvalue weighted by atomic mass is 9.85. The van der Waals surface area contributed by atoms with Gasteiger partial charge in [0.2, 0.25) is 0 Å². The summed E-state index contributed by atoms with van der Waals surface area (Å²) in [5, 5.41) is 4.21. The molecule has 0 atom stereocenters. The first-order valence-electron chi connectivity index (χ1n) is 7.06. The smallest absolute Gasteiger partial charge is 0.143 e. The third-order valence-corrected chi connectivity index (χ3v) is 3.63. The Labute approximate surface area is 109 Å². The van der Waals surface area contributed by atoms with Gasteiger partial charge in [-0.05, 0) is 18.8 Å². The first-order valence-corrected chi connectivity index (χ1v) is 7.06. The Morgan fingerprint density at radius 1 is 1.39 bits per heavy atom. The summed E-state index contributed by atoms with van der Waals surface area (Å²) in [6.07, 6.45) is 7.84. The van der Waals surface area contributed by atoms with Gasteiger partial charge in [0, 0.05) is 12.5 Å². The molecule has 2 rings (SSSR count). The summed E-state index contributed by atoms with van der Waals surface area (Å²) < 4.78 is 1.88. The van der Waals surface area contributed by atoms with Crippen LogP contribution in [0.15, 0.2) is 6.33 Å². The highest BCUT2D eigenvalue weighted by atomic mass is 16.1. The van der Waals surface area contributed by atoms with Crippen LogP contribution in [0.2, 0.25) is 0 Å². The van der Waals surface area contributed by atoms with E-state index in [1.807, 2.05) is 4.68 Å². The molecule has 4 nitrogen and oxygen atoms in total. The molecule has 1 aromatic heterocycles. The third kappa shape index (κ3) is 3.40. The Balaban J connectivity index is 1.95. The van der Waals surface area contributed by atoms with Crippen molar-refractivity contribution in [1.29, 1.82) is 0 Å². The van der Waals surface area contributed by atoms with Gasteiger partial charge in [0.15, 0.2) is 0 Å². The molecule has 1 aromatic rings. The second kappa shape index (κ2) is 6.12. The molecule has 0 bridgehead atoms. The van der Waals surface area contributed by atoms with E-state index in [0.29, 0.717) is 18.1 Å². The number of Topliss-reactive ketones (excluding diaryl/α,β-unsaturated/α-hetero) is 1. The Hall–Kier alpha value is -1.19. The number of ketones is 1. The minimum absolute atomic E-state index is 0.267. The highest BCUT2D eigenvalue weighted by Gasteiger charge is 2.22. The molecule has 18 heavy (non-hydrogen) atoms. The summed E-state index contributed by atoms with van der Waals surface area (Å²) in [7, 11) is 0. The summed E-state index contributed by atoms with van der Waals surface area (Å²) in [6.45, 7) is 5.14. The largest absolute Gasteiger partial charge is 0.299 e. The van der Waals surface area contributed by atoms with E-state index in [2.05, 4.69) is 23.9 Å². The number of hydrogen-bond acceptors (Lipinski definition) is 3. The van der Waals surface area contributed by atoms with Crippen molar-refractivity contribution in [3.05, 3.63) is 12.2 Å². The fourth-order valence-electron chi connectivity index (χ4n) is 2.65. The molecule has 0 aliphatic heterocycles. The van der Waals surface area contributed by atoms with E-state index in [0.717, 1.165) is 25.2 Å². The SMILES string of the molecule is CC(C)Cn1ncnc1CC(=O)C1CCCCC1. The van der Waals surface area contributed by atoms with Crippen LogP contribution < -0.4 is 0 Å². The molecule has 1 saturated carbocycles. The highest BCUT2D eigenvalue weighted by molar-refractivity contribution is 5.82. The maximum Gasteiger partial charge on any atom is 0.143 e. The van der Waals surface area contributed by atoms with Crippen LogP contribution in [-0.4, -0.2) is 20.5 Å². The maximum absolute atomic E-state index is 12.2. The van der Waals surface area contributed by atoms with E-state index >= 15 is 0 Å². The average Bonchev–Trinajstić information content (AvgIpc) is 2.77. The second-order valence-electron chi connectivity index (χ2n) is 5.73. The van der Waals surface area contributed by atoms with Crippen LogP contribution in [0.4, 0.5) is 0 Å². The van der Waals surface area contributed by atoms with Crippen molar-refractivity contribution >= 4 is 5.78 Å². The Kier molecular flexibility index (Phi) is 4.50. The van der Waals surface area contributed by atoms with Crippen molar-refractivity contribution in [3.8, 4) is 0 Å². The normalized spacial score (nSPS) is 17.3. The van der Waals surface area contributed by atoms with E-state index in [1.165, 1.54) is 19.3 Å². The molecule has 0 amide bonds. The van der Waals surface area contributed by atoms with Gasteiger partial charge in [0.1, 0.15) is 17.9 Å². The van der Waals surface area contributed by atoms with Gasteiger partial charge in [-0.15, -0.1) is 0 Å². The van der Waals surface area contributed by atoms with Crippen LogP contribution >= 0.6 is 0 Å². The lowest BCUT2D eigenvalue weighted by molar-refractivity contribution is -0.123. The van der Waals surface area contributed by atoms with E-state index in [-0.39, 0.29) is 5.92 Å². The molecule has 0 aromatic carbocycles. The van der Waals surface area contributed by atoms with E-state index < -0.39 is 0 Å². The summed E-state index contributed by atoms with van der Waals surface area (Å²) in [4.78, 5) is 16.5. The van der Waals surface area contributed by atoms with Gasteiger partial charge in [-0.2, -0.15) is 5.10 Å². The van der Waals surface area contributed by atoms with Gasteiger partial charge in [-0.3, -0.25) is 4.79 Å². The number of hydrogen-bond donors (Lipinski definition) is 0. The lowest BCUT2D eigenvalue weighted by Gasteiger charge is -2.20. The quantitative estimate of drug-likeness (QED) is 0.806. The number of nitrogens with zero attached hydrogens (tertiary/aromatic N) is 3. The van der Waals surface area contributed by atoms with Crippen molar-refractivity contribution < 1.29 is 4.79 Å². The monoisotopic (exact) mass is 249 g/mol. The zero-order valence-corrected chi connectivity index (χ0v) is 11.4. The number of carbonyl (C=O) groups excluding carboxylic acids is 1. The number of rotatable bonds is 5. The molecular formula is C14H23N3O. The average molecular weight is 249 g/mol. The van der Waals surface area contributed by atoms with Gasteiger partial charge >= 0.3 is 0 Å². The molecule has 1 heterocycles. The van der Waals surface area contributed by atoms with Gasteiger partial charge < -0.3 is 0 Å². The van der Waals surface area contributed by atoms with Crippen molar-refractivity contribution in [1.82, 2.24) is 14.8 Å². The van der Waals surface area contributed by atoms with Gasteiger partial charge in [-0.1, -0.05) is 33.1 Å². The van der Waals surface area contributed by atoms with Gasteiger partial charge in [-0.25, -0.2) is 9.67 Å². The Morgan fingerprint density at radius 2 is 2.11 bits per heavy atom. The van der Waals surface area contributed by atoms with E-state index in [9.17, 15) is 4.79 Å². The van der Waals surface area contributed by atoms with Crippen molar-refractivity contribution in [2.45, 2.75) is 58.9 Å². The van der Waals surface area contributed by atoms with Crippen LogP contribution in [0.25, 0.3) is 0 Å². The molecule has 0 unspecified atom stereocenters. The molecule has 0 N–H and O–H groups in total. The molecule has 0 radical (unpaired) electrons. The first kappa shape index (κ1) is 13.2. The number of aromatic nitrogens is 3. The highest BCUT2D eigenvalue weighted by Crippen LogP contribution is 2.25. The zero-order valence-electron chi connectivity index (χ0n) is 11.4. The maximum atomic E-state index is 12.2. The summed E-state index contributed by atoms with van der Waals surface area (Å²) >= 11 is 0. The molecular weight excluding hydrogens is 226 g/mol. The third-order valence-electron chi connectivity index (χ3n) is 3.63. The summed E-state index contributed by atoms with van der Waals surface area (Å²) in [6, 6.07) is 0. The zero-order chi connectivity index (χ0) is 13.0. The van der Waals surface area contributed by atoms with Crippen molar-refractivity contribution in [2.75, 3.05) is 0 Å². The van der Waals surface area contributed by atoms with Crippen LogP contribution in [0.5, 0.6) is 0 Å². The predicted molar refractivity (Wildman–Crippen MR) is 70.1 cm³/mol. The molecule has 1 fully saturated rings. The minimum Gasteiger partial charge on any atom is -0.299 e. The predicted octanol–water partition coefficient (Wildman–Crippen LogP) is 2.63. The second-order valence-corrected chi connectivity index (χ2v) is 5.73. The van der Waals surface area contributed by atoms with Crippen molar-refractivity contribution in [3.63, 3.8) is 0 Å². The molecule has 100 valence electrons. The molecule has 4 heteroatoms. The van der Waals surface area contributed by atoms with Crippen LogP contribution in [0.1, 0.15) is 51.8 Å². The van der Waals surface area contributed by atoms with Gasteiger partial charge in [0.25, 0.3) is 0 Å². The molecule has 1 aliphatic rings. The molecule has 0 spiro atoms. The van der Waals surface area contributed by atoms with Crippen LogP contribution in [0, 0.1) is 11.8 Å². The van der Waals surface area contributed by atoms with Crippen LogP contribution in [-0.2, 0) is 17.8 Å². The molecule has 0 saturated heterocycles. The topological polar surface area (TPSA) is 47.8 Å². The van der Waals surface area contributed by atoms with Crippen molar-refractivity contribution in [2.24, 2.45) is 11.8 Å². The minimum atomic E-state index is 0.267. The standard InChI is InChI=1S/C14H23N3O/c1-11(2)9-17-14(15-10-16-17)8-13(18)12-6-4-3-5-7-12/h10-12H,3-9H2,1-2H3. The summed E-state index contributed by atoms with van der Waals surface area (Å²) in [5.41, 5.74) is 0. The fraction of sp³-hybridized carbons (Fsp3) is 0.786. The number of carbonyl (C=O) groups is 1. The Bertz CT molecular complexity index is 391. The lowest BCUT2D eigenvalue weighted by Crippen LogP contribution is -2.22. The van der Waals surface area contributed by atoms with E-state index in [4.69, 9.17) is 0 Å². The fourth-order valence-corrected chi connectivity index (χ4v) is 2.65. The first-order chi connectivity index (χ1) is 8.66. The summed E-state index contributed by atoms with van der Waals surface area (Å²) in [5.74, 6) is 1.98. The Morgan fingerprint density at radius 3 is 2.78 bits per heavy atom. The molecule has 1 aliphatic carbocycles. The van der Waals surface area contributed by atoms with E-state index in [1.54, 1.807) is 6.33 Å².